The van der Waals surface area contributed by atoms with Gasteiger partial charge in [0.1, 0.15) is 59.3 Å². The fourth-order valence-electron chi connectivity index (χ4n) is 8.45. The maximum absolute atomic E-state index is 14.2. The zero-order valence-corrected chi connectivity index (χ0v) is 48.4. The minimum Gasteiger partial charge on any atom is -0.497 e. The first-order chi connectivity index (χ1) is 36.9. The fourth-order valence-corrected chi connectivity index (χ4v) is 8.45. The lowest BCUT2D eigenvalue weighted by Crippen LogP contribution is -2.64. The van der Waals surface area contributed by atoms with Gasteiger partial charge in [0.2, 0.25) is 59.1 Å². The number of ether oxygens (including phenoxy) is 1. The second-order valence-corrected chi connectivity index (χ2v) is 22.1. The van der Waals surface area contributed by atoms with Gasteiger partial charge in [0.15, 0.2) is 0 Å². The lowest BCUT2D eigenvalue weighted by molar-refractivity contribution is -0.138. The smallest absolute Gasteiger partial charge is 0.267 e. The molecule has 25 heteroatoms. The minimum absolute atomic E-state index is 0.0229. The van der Waals surface area contributed by atoms with Gasteiger partial charge in [0, 0.05) is 33.4 Å². The molecule has 1 aromatic carbocycles. The lowest BCUT2D eigenvalue weighted by atomic mass is 9.97. The normalized spacial score (nSPS) is 15.6. The summed E-state index contributed by atoms with van der Waals surface area (Å²) in [4.78, 5) is 145. The highest BCUT2D eigenvalue weighted by molar-refractivity contribution is 6.40. The molecule has 11 amide bonds. The highest BCUT2D eigenvalue weighted by atomic mass is 16.5. The van der Waals surface area contributed by atoms with E-state index in [2.05, 4.69) is 53.0 Å². The number of anilines is 1. The Labute approximate surface area is 464 Å². The third kappa shape index (κ3) is 23.3. The number of benzene rings is 1. The van der Waals surface area contributed by atoms with Crippen LogP contribution in [-0.2, 0) is 52.7 Å². The lowest BCUT2D eigenvalue weighted by Gasteiger charge is -2.32. The Morgan fingerprint density at radius 3 is 1.52 bits per heavy atom. The maximum atomic E-state index is 14.2. The van der Waals surface area contributed by atoms with Crippen LogP contribution in [0.4, 0.5) is 5.69 Å². The van der Waals surface area contributed by atoms with Gasteiger partial charge >= 0.3 is 0 Å². The second kappa shape index (κ2) is 32.5. The monoisotopic (exact) mass is 1110 g/mol. The first-order valence-corrected chi connectivity index (χ1v) is 27.1. The largest absolute Gasteiger partial charge is 0.497 e. The van der Waals surface area contributed by atoms with E-state index in [9.17, 15) is 52.7 Å². The summed E-state index contributed by atoms with van der Waals surface area (Å²) in [5.74, 6) is -7.44. The predicted molar refractivity (Wildman–Crippen MR) is 297 cm³/mol. The summed E-state index contributed by atoms with van der Waals surface area (Å²) in [6.07, 6.45) is 1.90. The standard InChI is InChI=1S/C54H89N13O12/c1-29(2)26-39(45(55)70)62-48(73)37(19-15-17-25-58-47(72)41-28-42(46(56)71)67(66-41)35-20-22-36(79-13)23-21-35)61-52(77)44(32(7)8)64-53(78)54(11,12)65-50(75)40(27-30(3)4)63-49(74)38(18-14-16-24-57-33(9)68)60-51(76)43(31(5)6)59-34(10)69/h20-23,29-32,37-40,42-44H,14-19,24-28H2,1-13H3,(H2,55,70)(H2,56,71)(H,57,68)(H,58,72)(H,59,69)(H,60,76)(H,61,77)(H,62,73)(H,63,74)(H,64,78)(H,65,75)/t37-,38-,39-,40-,42?,43-,44-/m0/s1. The van der Waals surface area contributed by atoms with Crippen LogP contribution in [0.2, 0.25) is 0 Å². The van der Waals surface area contributed by atoms with Crippen LogP contribution in [0, 0.1) is 23.7 Å². The van der Waals surface area contributed by atoms with E-state index in [1.807, 2.05) is 27.7 Å². The van der Waals surface area contributed by atoms with Crippen LogP contribution in [0.1, 0.15) is 141 Å². The molecule has 1 heterocycles. The molecule has 2 rings (SSSR count). The molecule has 79 heavy (non-hydrogen) atoms. The molecule has 442 valence electrons. The SMILES string of the molecule is COc1ccc(N2N=C(C(=O)NCCCC[C@H](NC(=O)[C@@H](NC(=O)C(C)(C)NC(=O)[C@H](CC(C)C)NC(=O)[C@H](CCCCNC(C)=O)NC(=O)[C@@H](NC(C)=O)C(C)C)C(C)C)C(=O)N[C@@H](CC(C)C)C(N)=O)CC2C(N)=O)cc1. The summed E-state index contributed by atoms with van der Waals surface area (Å²) in [5.41, 5.74) is 10.2. The van der Waals surface area contributed by atoms with E-state index in [1.54, 1.807) is 52.0 Å². The van der Waals surface area contributed by atoms with E-state index in [4.69, 9.17) is 16.2 Å². The van der Waals surface area contributed by atoms with Gasteiger partial charge in [-0.2, -0.15) is 5.10 Å². The third-order valence-electron chi connectivity index (χ3n) is 12.9. The zero-order valence-electron chi connectivity index (χ0n) is 48.4. The molecule has 0 saturated carbocycles. The van der Waals surface area contributed by atoms with Crippen molar-refractivity contribution in [3.8, 4) is 5.75 Å². The number of unbranched alkanes of at least 4 members (excludes halogenated alkanes) is 2. The van der Waals surface area contributed by atoms with Crippen LogP contribution < -0.4 is 69.1 Å². The number of primary amides is 2. The molecule has 0 aliphatic carbocycles. The number of amides is 11. The summed E-state index contributed by atoms with van der Waals surface area (Å²) in [7, 11) is 1.51. The van der Waals surface area contributed by atoms with Gasteiger partial charge in [-0.05, 0) is 113 Å². The molecule has 0 radical (unpaired) electrons. The second-order valence-electron chi connectivity index (χ2n) is 22.1. The molecule has 0 bridgehead atoms. The molecule has 13 N–H and O–H groups in total. The number of hydrazone groups is 1. The summed E-state index contributed by atoms with van der Waals surface area (Å²) >= 11 is 0. The van der Waals surface area contributed by atoms with Crippen LogP contribution in [0.15, 0.2) is 29.4 Å². The van der Waals surface area contributed by atoms with Crippen molar-refractivity contribution in [3.63, 3.8) is 0 Å². The first-order valence-electron chi connectivity index (χ1n) is 27.1. The van der Waals surface area contributed by atoms with Crippen LogP contribution in [0.25, 0.3) is 0 Å². The van der Waals surface area contributed by atoms with Gasteiger partial charge in [-0.1, -0.05) is 55.4 Å². The molecule has 7 atom stereocenters. The van der Waals surface area contributed by atoms with Crippen molar-refractivity contribution in [1.29, 1.82) is 0 Å². The summed E-state index contributed by atoms with van der Waals surface area (Å²) in [6.45, 7) is 20.1. The minimum atomic E-state index is -1.70. The number of rotatable bonds is 34. The zero-order chi connectivity index (χ0) is 59.9. The van der Waals surface area contributed by atoms with Crippen LogP contribution in [0.5, 0.6) is 5.75 Å². The Morgan fingerprint density at radius 1 is 0.608 bits per heavy atom. The van der Waals surface area contributed by atoms with Crippen molar-refractivity contribution in [1.82, 2.24) is 47.9 Å². The van der Waals surface area contributed by atoms with E-state index < -0.39 is 113 Å². The Kier molecular flexibility index (Phi) is 27.9. The average molecular weight is 1110 g/mol. The van der Waals surface area contributed by atoms with E-state index in [1.165, 1.54) is 39.8 Å². The summed E-state index contributed by atoms with van der Waals surface area (Å²) in [6, 6.07) is -1.07. The number of hydrogen-bond donors (Lipinski definition) is 11. The van der Waals surface area contributed by atoms with Gasteiger partial charge in [0.25, 0.3) is 5.91 Å². The number of nitrogens with two attached hydrogens (primary N) is 2. The Hall–Kier alpha value is -7.34. The van der Waals surface area contributed by atoms with E-state index in [0.29, 0.717) is 37.2 Å². The number of carbonyl (C=O) groups excluding carboxylic acids is 11. The molecule has 1 aliphatic rings. The third-order valence-corrected chi connectivity index (χ3v) is 12.9. The predicted octanol–water partition coefficient (Wildman–Crippen LogP) is 0.421. The molecule has 0 aromatic heterocycles. The number of nitrogens with zero attached hydrogens (tertiary/aromatic N) is 2. The van der Waals surface area contributed by atoms with Crippen LogP contribution in [-0.4, -0.2) is 139 Å². The van der Waals surface area contributed by atoms with Crippen molar-refractivity contribution >= 4 is 76.4 Å². The molecule has 0 saturated heterocycles. The number of carbonyl (C=O) groups is 11. The molecule has 1 aliphatic heterocycles. The van der Waals surface area contributed by atoms with E-state index >= 15 is 0 Å². The number of nitrogens with one attached hydrogen (secondary N) is 9. The first kappa shape index (κ1) is 67.8. The van der Waals surface area contributed by atoms with Crippen molar-refractivity contribution in [2.24, 2.45) is 40.2 Å². The number of hydrogen-bond acceptors (Lipinski definition) is 14. The number of methoxy groups -OCH3 is 1. The van der Waals surface area contributed by atoms with Crippen molar-refractivity contribution in [2.75, 3.05) is 25.2 Å². The molecule has 25 nitrogen and oxygen atoms in total. The Balaban J connectivity index is 2.28. The van der Waals surface area contributed by atoms with Crippen LogP contribution >= 0.6 is 0 Å². The summed E-state index contributed by atoms with van der Waals surface area (Å²) < 4.78 is 5.21. The van der Waals surface area contributed by atoms with Crippen molar-refractivity contribution in [3.05, 3.63) is 24.3 Å². The van der Waals surface area contributed by atoms with Gasteiger partial charge in [-0.25, -0.2) is 0 Å². The van der Waals surface area contributed by atoms with Gasteiger partial charge in [0.05, 0.1) is 12.8 Å². The van der Waals surface area contributed by atoms with E-state index in [-0.39, 0.29) is 74.4 Å². The molecular weight excluding hydrogens is 1020 g/mol. The van der Waals surface area contributed by atoms with Crippen molar-refractivity contribution in [2.45, 2.75) is 189 Å². The Morgan fingerprint density at radius 2 is 1.08 bits per heavy atom. The molecule has 0 spiro atoms. The van der Waals surface area contributed by atoms with E-state index in [0.717, 1.165) is 0 Å². The van der Waals surface area contributed by atoms with Crippen LogP contribution in [0.3, 0.4) is 0 Å². The van der Waals surface area contributed by atoms with Gasteiger partial charge in [-0.3, -0.25) is 57.7 Å². The molecule has 0 fully saturated rings. The Bertz CT molecular complexity index is 2320. The highest BCUT2D eigenvalue weighted by Crippen LogP contribution is 2.27. The molecule has 1 unspecified atom stereocenters. The average Bonchev–Trinajstić information content (AvgIpc) is 3.82. The highest BCUT2D eigenvalue weighted by Gasteiger charge is 2.39. The van der Waals surface area contributed by atoms with Crippen molar-refractivity contribution < 1.29 is 57.5 Å². The topological polar surface area (TPSA) is 373 Å². The quantitative estimate of drug-likeness (QED) is 0.0418. The fraction of sp³-hybridized carbons (Fsp3) is 0.667. The maximum Gasteiger partial charge on any atom is 0.267 e. The molecular formula is C54H89N13O12. The van der Waals surface area contributed by atoms with Gasteiger partial charge in [-0.15, -0.1) is 0 Å². The molecule has 1 aromatic rings. The summed E-state index contributed by atoms with van der Waals surface area (Å²) in [5, 5.41) is 30.1. The van der Waals surface area contributed by atoms with Gasteiger partial charge < -0.3 is 64.1 Å².